The average Bonchev–Trinajstić information content (AvgIpc) is 2.66. The molecule has 0 aliphatic heterocycles. The van der Waals surface area contributed by atoms with Crippen LogP contribution in [0.4, 0.5) is 5.69 Å². The molecule has 2 rings (SSSR count). The topological polar surface area (TPSA) is 63.9 Å². The third-order valence-electron chi connectivity index (χ3n) is 2.15. The first kappa shape index (κ1) is 11.3. The number of anilines is 1. The first-order valence-corrected chi connectivity index (χ1v) is 6.24. The number of H-pyrrole nitrogens is 1. The fraction of sp³-hybridized carbons (Fsp3) is 0.364. The summed E-state index contributed by atoms with van der Waals surface area (Å²) in [6, 6.07) is 5.68. The number of fused-ring (bicyclic) bond motifs is 1. The molecule has 0 bridgehead atoms. The zero-order chi connectivity index (χ0) is 11.4. The van der Waals surface area contributed by atoms with Crippen LogP contribution in [-0.2, 0) is 4.74 Å². The van der Waals surface area contributed by atoms with Crippen molar-refractivity contribution in [2.24, 2.45) is 0 Å². The highest BCUT2D eigenvalue weighted by Crippen LogP contribution is 2.20. The SMILES string of the molecule is CCOCCSc1nc2ccc(N)cc2[nH]1. The molecule has 2 aromatic rings. The first-order valence-electron chi connectivity index (χ1n) is 5.25. The van der Waals surface area contributed by atoms with Gasteiger partial charge in [-0.2, -0.15) is 0 Å². The molecule has 0 saturated heterocycles. The van der Waals surface area contributed by atoms with Gasteiger partial charge in [0.15, 0.2) is 5.16 Å². The van der Waals surface area contributed by atoms with E-state index in [0.717, 1.165) is 40.8 Å². The molecule has 0 radical (unpaired) electrons. The number of nitrogens with two attached hydrogens (primary N) is 1. The second-order valence-electron chi connectivity index (χ2n) is 3.36. The smallest absolute Gasteiger partial charge is 0.166 e. The van der Waals surface area contributed by atoms with Gasteiger partial charge in [-0.05, 0) is 25.1 Å². The predicted molar refractivity (Wildman–Crippen MR) is 67.7 cm³/mol. The molecule has 1 heterocycles. The number of aromatic nitrogens is 2. The van der Waals surface area contributed by atoms with Gasteiger partial charge in [0.2, 0.25) is 0 Å². The molecule has 16 heavy (non-hydrogen) atoms. The van der Waals surface area contributed by atoms with Gasteiger partial charge in [-0.25, -0.2) is 4.98 Å². The lowest BCUT2D eigenvalue weighted by atomic mass is 10.3. The van der Waals surface area contributed by atoms with Gasteiger partial charge in [-0.15, -0.1) is 0 Å². The summed E-state index contributed by atoms with van der Waals surface area (Å²) in [4.78, 5) is 7.68. The Balaban J connectivity index is 2.02. The third kappa shape index (κ3) is 2.68. The Bertz CT molecular complexity index is 469. The highest BCUT2D eigenvalue weighted by molar-refractivity contribution is 7.99. The molecule has 0 aliphatic rings. The van der Waals surface area contributed by atoms with E-state index in [1.807, 2.05) is 25.1 Å². The second kappa shape index (κ2) is 5.23. The van der Waals surface area contributed by atoms with Crippen molar-refractivity contribution in [2.45, 2.75) is 12.1 Å². The number of nitrogens with one attached hydrogen (secondary N) is 1. The van der Waals surface area contributed by atoms with E-state index < -0.39 is 0 Å². The summed E-state index contributed by atoms with van der Waals surface area (Å²) in [5, 5.41) is 0.917. The Morgan fingerprint density at radius 1 is 1.50 bits per heavy atom. The van der Waals surface area contributed by atoms with E-state index in [-0.39, 0.29) is 0 Å². The molecule has 3 N–H and O–H groups in total. The van der Waals surface area contributed by atoms with E-state index >= 15 is 0 Å². The van der Waals surface area contributed by atoms with E-state index in [1.54, 1.807) is 11.8 Å². The molecule has 0 atom stereocenters. The van der Waals surface area contributed by atoms with Crippen molar-refractivity contribution in [1.82, 2.24) is 9.97 Å². The molecule has 1 aromatic heterocycles. The normalized spacial score (nSPS) is 11.1. The maximum absolute atomic E-state index is 5.70. The van der Waals surface area contributed by atoms with Crippen LogP contribution in [0.3, 0.4) is 0 Å². The van der Waals surface area contributed by atoms with Gasteiger partial charge >= 0.3 is 0 Å². The van der Waals surface area contributed by atoms with E-state index in [4.69, 9.17) is 10.5 Å². The molecule has 86 valence electrons. The van der Waals surface area contributed by atoms with E-state index in [1.165, 1.54) is 0 Å². The van der Waals surface area contributed by atoms with Gasteiger partial charge in [-0.3, -0.25) is 0 Å². The van der Waals surface area contributed by atoms with Gasteiger partial charge in [0.05, 0.1) is 17.6 Å². The van der Waals surface area contributed by atoms with E-state index in [2.05, 4.69) is 9.97 Å². The maximum Gasteiger partial charge on any atom is 0.166 e. The van der Waals surface area contributed by atoms with Crippen LogP contribution in [0.2, 0.25) is 0 Å². The summed E-state index contributed by atoms with van der Waals surface area (Å²) >= 11 is 1.66. The number of thioether (sulfide) groups is 1. The van der Waals surface area contributed by atoms with Crippen molar-refractivity contribution in [3.05, 3.63) is 18.2 Å². The summed E-state index contributed by atoms with van der Waals surface area (Å²) < 4.78 is 5.27. The van der Waals surface area contributed by atoms with Crippen LogP contribution in [0.5, 0.6) is 0 Å². The van der Waals surface area contributed by atoms with Crippen LogP contribution in [0, 0.1) is 0 Å². The summed E-state index contributed by atoms with van der Waals surface area (Å²) in [7, 11) is 0. The van der Waals surface area contributed by atoms with E-state index in [0.29, 0.717) is 0 Å². The predicted octanol–water partition coefficient (Wildman–Crippen LogP) is 2.27. The summed E-state index contributed by atoms with van der Waals surface area (Å²) in [6.45, 7) is 3.51. The van der Waals surface area contributed by atoms with Crippen molar-refractivity contribution in [1.29, 1.82) is 0 Å². The van der Waals surface area contributed by atoms with Crippen LogP contribution in [0.25, 0.3) is 11.0 Å². The van der Waals surface area contributed by atoms with Crippen molar-refractivity contribution in [3.63, 3.8) is 0 Å². The lowest BCUT2D eigenvalue weighted by Crippen LogP contribution is -1.95. The Morgan fingerprint density at radius 3 is 3.19 bits per heavy atom. The lowest BCUT2D eigenvalue weighted by Gasteiger charge is -1.97. The molecule has 0 unspecified atom stereocenters. The minimum Gasteiger partial charge on any atom is -0.399 e. The molecule has 0 fully saturated rings. The number of hydrogen-bond acceptors (Lipinski definition) is 4. The van der Waals surface area contributed by atoms with Crippen LogP contribution in [-0.4, -0.2) is 28.9 Å². The molecule has 4 nitrogen and oxygen atoms in total. The van der Waals surface area contributed by atoms with Crippen LogP contribution < -0.4 is 5.73 Å². The third-order valence-corrected chi connectivity index (χ3v) is 2.99. The number of ether oxygens (including phenoxy) is 1. The minimum absolute atomic E-state index is 0.750. The fourth-order valence-electron chi connectivity index (χ4n) is 1.41. The van der Waals surface area contributed by atoms with Crippen LogP contribution >= 0.6 is 11.8 Å². The van der Waals surface area contributed by atoms with Gasteiger partial charge in [0.25, 0.3) is 0 Å². The summed E-state index contributed by atoms with van der Waals surface area (Å²) in [5.74, 6) is 0.906. The van der Waals surface area contributed by atoms with Gasteiger partial charge in [0, 0.05) is 18.0 Å². The molecule has 0 amide bonds. The number of rotatable bonds is 5. The lowest BCUT2D eigenvalue weighted by molar-refractivity contribution is 0.164. The highest BCUT2D eigenvalue weighted by Gasteiger charge is 2.03. The maximum atomic E-state index is 5.70. The van der Waals surface area contributed by atoms with Crippen molar-refractivity contribution in [2.75, 3.05) is 24.7 Å². The first-order chi connectivity index (χ1) is 7.79. The van der Waals surface area contributed by atoms with Gasteiger partial charge < -0.3 is 15.5 Å². The Labute approximate surface area is 98.6 Å². The largest absolute Gasteiger partial charge is 0.399 e. The number of nitrogens with zero attached hydrogens (tertiary/aromatic N) is 1. The Hall–Kier alpha value is -1.20. The van der Waals surface area contributed by atoms with Gasteiger partial charge in [0.1, 0.15) is 0 Å². The second-order valence-corrected chi connectivity index (χ2v) is 4.45. The molecule has 0 spiro atoms. The standard InChI is InChI=1S/C11H15N3OS/c1-2-15-5-6-16-11-13-9-4-3-8(12)7-10(9)14-11/h3-4,7H,2,5-6,12H2,1H3,(H,13,14). The quantitative estimate of drug-likeness (QED) is 0.475. The fourth-order valence-corrected chi connectivity index (χ4v) is 2.15. The van der Waals surface area contributed by atoms with E-state index in [9.17, 15) is 0 Å². The zero-order valence-electron chi connectivity index (χ0n) is 9.19. The number of nitrogen functional groups attached to an aromatic ring is 1. The molecular formula is C11H15N3OS. The average molecular weight is 237 g/mol. The molecule has 0 saturated carbocycles. The molecular weight excluding hydrogens is 222 g/mol. The van der Waals surface area contributed by atoms with Gasteiger partial charge in [-0.1, -0.05) is 11.8 Å². The Morgan fingerprint density at radius 2 is 2.38 bits per heavy atom. The monoisotopic (exact) mass is 237 g/mol. The molecule has 0 aliphatic carbocycles. The minimum atomic E-state index is 0.750. The number of aromatic amines is 1. The van der Waals surface area contributed by atoms with Crippen molar-refractivity contribution >= 4 is 28.5 Å². The van der Waals surface area contributed by atoms with Crippen molar-refractivity contribution < 1.29 is 4.74 Å². The highest BCUT2D eigenvalue weighted by atomic mass is 32.2. The molecule has 5 heteroatoms. The number of benzene rings is 1. The van der Waals surface area contributed by atoms with Crippen LogP contribution in [0.1, 0.15) is 6.92 Å². The number of imidazole rings is 1. The van der Waals surface area contributed by atoms with Crippen molar-refractivity contribution in [3.8, 4) is 0 Å². The summed E-state index contributed by atoms with van der Waals surface area (Å²) in [5.41, 5.74) is 8.39. The molecule has 1 aromatic carbocycles. The summed E-state index contributed by atoms with van der Waals surface area (Å²) in [6.07, 6.45) is 0. The number of hydrogen-bond donors (Lipinski definition) is 2. The Kier molecular flexibility index (Phi) is 3.69. The zero-order valence-corrected chi connectivity index (χ0v) is 10.0. The van der Waals surface area contributed by atoms with Crippen LogP contribution in [0.15, 0.2) is 23.4 Å².